The van der Waals surface area contributed by atoms with E-state index in [4.69, 9.17) is 4.74 Å². The van der Waals surface area contributed by atoms with Crippen LogP contribution in [0.2, 0.25) is 0 Å². The standard InChI is InChI=1S/C13H18O/c1-3-5-10(2)11-6-4-7-13-12(11)8-9-14-13/h4,6-7,10H,3,5,8-9H2,1-2H3. The Morgan fingerprint density at radius 3 is 3.07 bits per heavy atom. The minimum atomic E-state index is 0.677. The van der Waals surface area contributed by atoms with Gasteiger partial charge in [0.1, 0.15) is 5.75 Å². The van der Waals surface area contributed by atoms with Crippen LogP contribution in [0.25, 0.3) is 0 Å². The average Bonchev–Trinajstić information content (AvgIpc) is 2.65. The Morgan fingerprint density at radius 2 is 2.29 bits per heavy atom. The van der Waals surface area contributed by atoms with Gasteiger partial charge in [0.2, 0.25) is 0 Å². The van der Waals surface area contributed by atoms with E-state index >= 15 is 0 Å². The lowest BCUT2D eigenvalue weighted by Crippen LogP contribution is -1.97. The number of hydrogen-bond acceptors (Lipinski definition) is 1. The van der Waals surface area contributed by atoms with E-state index in [1.54, 1.807) is 0 Å². The van der Waals surface area contributed by atoms with Crippen molar-refractivity contribution in [2.24, 2.45) is 0 Å². The molecule has 0 aromatic heterocycles. The Morgan fingerprint density at radius 1 is 1.43 bits per heavy atom. The monoisotopic (exact) mass is 190 g/mol. The molecule has 1 heterocycles. The van der Waals surface area contributed by atoms with Crippen LogP contribution < -0.4 is 4.74 Å². The van der Waals surface area contributed by atoms with Gasteiger partial charge in [-0.15, -0.1) is 0 Å². The summed E-state index contributed by atoms with van der Waals surface area (Å²) >= 11 is 0. The van der Waals surface area contributed by atoms with E-state index in [1.165, 1.54) is 24.0 Å². The van der Waals surface area contributed by atoms with Gasteiger partial charge in [0, 0.05) is 12.0 Å². The summed E-state index contributed by atoms with van der Waals surface area (Å²) in [4.78, 5) is 0. The van der Waals surface area contributed by atoms with Gasteiger partial charge in [0.05, 0.1) is 6.61 Å². The highest BCUT2D eigenvalue weighted by Crippen LogP contribution is 2.33. The summed E-state index contributed by atoms with van der Waals surface area (Å²) in [5.41, 5.74) is 2.95. The van der Waals surface area contributed by atoms with Gasteiger partial charge in [-0.05, 0) is 24.0 Å². The first-order valence-electron chi connectivity index (χ1n) is 5.57. The quantitative estimate of drug-likeness (QED) is 0.708. The Balaban J connectivity index is 2.29. The molecule has 0 saturated heterocycles. The minimum Gasteiger partial charge on any atom is -0.493 e. The zero-order valence-electron chi connectivity index (χ0n) is 9.05. The van der Waals surface area contributed by atoms with Crippen molar-refractivity contribution < 1.29 is 4.74 Å². The lowest BCUT2D eigenvalue weighted by atomic mass is 9.91. The second-order valence-electron chi connectivity index (χ2n) is 4.11. The summed E-state index contributed by atoms with van der Waals surface area (Å²) in [5, 5.41) is 0. The smallest absolute Gasteiger partial charge is 0.122 e. The van der Waals surface area contributed by atoms with Crippen LogP contribution in [0.3, 0.4) is 0 Å². The molecular formula is C13H18O. The van der Waals surface area contributed by atoms with E-state index in [0.717, 1.165) is 18.8 Å². The van der Waals surface area contributed by atoms with Gasteiger partial charge in [-0.1, -0.05) is 32.4 Å². The summed E-state index contributed by atoms with van der Waals surface area (Å²) in [6.07, 6.45) is 3.63. The van der Waals surface area contributed by atoms with Gasteiger partial charge in [0.25, 0.3) is 0 Å². The predicted molar refractivity (Wildman–Crippen MR) is 59.0 cm³/mol. The van der Waals surface area contributed by atoms with E-state index in [2.05, 4.69) is 32.0 Å². The fraction of sp³-hybridized carbons (Fsp3) is 0.538. The molecule has 0 fully saturated rings. The van der Waals surface area contributed by atoms with Crippen molar-refractivity contribution in [3.05, 3.63) is 29.3 Å². The lowest BCUT2D eigenvalue weighted by molar-refractivity contribution is 0.357. The molecule has 1 heteroatoms. The summed E-state index contributed by atoms with van der Waals surface area (Å²) in [7, 11) is 0. The van der Waals surface area contributed by atoms with E-state index in [1.807, 2.05) is 0 Å². The molecule has 1 aliphatic heterocycles. The van der Waals surface area contributed by atoms with Gasteiger partial charge < -0.3 is 4.74 Å². The zero-order valence-corrected chi connectivity index (χ0v) is 9.05. The number of rotatable bonds is 3. The molecule has 0 amide bonds. The molecule has 14 heavy (non-hydrogen) atoms. The van der Waals surface area contributed by atoms with Crippen molar-refractivity contribution in [1.82, 2.24) is 0 Å². The summed E-state index contributed by atoms with van der Waals surface area (Å²) in [6.45, 7) is 5.43. The van der Waals surface area contributed by atoms with E-state index in [-0.39, 0.29) is 0 Å². The van der Waals surface area contributed by atoms with Gasteiger partial charge in [-0.25, -0.2) is 0 Å². The van der Waals surface area contributed by atoms with E-state index < -0.39 is 0 Å². The van der Waals surface area contributed by atoms with Gasteiger partial charge in [-0.2, -0.15) is 0 Å². The van der Waals surface area contributed by atoms with E-state index in [0.29, 0.717) is 5.92 Å². The first-order chi connectivity index (χ1) is 6.83. The van der Waals surface area contributed by atoms with Crippen LogP contribution in [-0.4, -0.2) is 6.61 Å². The Bertz CT molecular complexity index is 317. The molecule has 0 aliphatic carbocycles. The van der Waals surface area contributed by atoms with Crippen LogP contribution in [-0.2, 0) is 6.42 Å². The summed E-state index contributed by atoms with van der Waals surface area (Å²) in [5.74, 6) is 1.79. The number of hydrogen-bond donors (Lipinski definition) is 0. The largest absolute Gasteiger partial charge is 0.493 e. The molecule has 1 aromatic rings. The number of benzene rings is 1. The van der Waals surface area contributed by atoms with Gasteiger partial charge in [0.15, 0.2) is 0 Å². The SMILES string of the molecule is CCCC(C)c1cccc2c1CCO2. The summed E-state index contributed by atoms with van der Waals surface area (Å²) in [6, 6.07) is 6.46. The number of fused-ring (bicyclic) bond motifs is 1. The van der Waals surface area contributed by atoms with Crippen molar-refractivity contribution in [3.8, 4) is 5.75 Å². The Kier molecular flexibility index (Phi) is 2.76. The maximum atomic E-state index is 5.57. The average molecular weight is 190 g/mol. The van der Waals surface area contributed by atoms with Crippen LogP contribution in [0.1, 0.15) is 43.7 Å². The maximum absolute atomic E-state index is 5.57. The fourth-order valence-corrected chi connectivity index (χ4v) is 2.30. The molecule has 1 aliphatic rings. The second-order valence-corrected chi connectivity index (χ2v) is 4.11. The highest BCUT2D eigenvalue weighted by molar-refractivity contribution is 5.44. The van der Waals surface area contributed by atoms with Crippen LogP contribution in [0.4, 0.5) is 0 Å². The van der Waals surface area contributed by atoms with Crippen molar-refractivity contribution in [2.75, 3.05) is 6.61 Å². The van der Waals surface area contributed by atoms with Crippen LogP contribution >= 0.6 is 0 Å². The van der Waals surface area contributed by atoms with Crippen molar-refractivity contribution in [3.63, 3.8) is 0 Å². The molecule has 1 unspecified atom stereocenters. The fourth-order valence-electron chi connectivity index (χ4n) is 2.30. The molecular weight excluding hydrogens is 172 g/mol. The lowest BCUT2D eigenvalue weighted by Gasteiger charge is -2.13. The molecule has 2 rings (SSSR count). The minimum absolute atomic E-state index is 0.677. The molecule has 1 nitrogen and oxygen atoms in total. The van der Waals surface area contributed by atoms with Gasteiger partial charge in [-0.3, -0.25) is 0 Å². The zero-order chi connectivity index (χ0) is 9.97. The molecule has 1 aromatic carbocycles. The Labute approximate surface area is 86.1 Å². The van der Waals surface area contributed by atoms with Crippen molar-refractivity contribution >= 4 is 0 Å². The third kappa shape index (κ3) is 1.63. The molecule has 0 bridgehead atoms. The second kappa shape index (κ2) is 4.04. The van der Waals surface area contributed by atoms with Crippen LogP contribution in [0.15, 0.2) is 18.2 Å². The molecule has 0 spiro atoms. The van der Waals surface area contributed by atoms with Crippen LogP contribution in [0.5, 0.6) is 5.75 Å². The molecule has 0 saturated carbocycles. The molecule has 0 radical (unpaired) electrons. The third-order valence-electron chi connectivity index (χ3n) is 3.03. The Hall–Kier alpha value is -0.980. The van der Waals surface area contributed by atoms with E-state index in [9.17, 15) is 0 Å². The molecule has 76 valence electrons. The summed E-state index contributed by atoms with van der Waals surface area (Å²) < 4.78 is 5.57. The first kappa shape index (κ1) is 9.57. The highest BCUT2D eigenvalue weighted by Gasteiger charge is 2.18. The van der Waals surface area contributed by atoms with Crippen molar-refractivity contribution in [2.45, 2.75) is 39.0 Å². The van der Waals surface area contributed by atoms with Crippen molar-refractivity contribution in [1.29, 1.82) is 0 Å². The maximum Gasteiger partial charge on any atom is 0.122 e. The number of ether oxygens (including phenoxy) is 1. The first-order valence-corrected chi connectivity index (χ1v) is 5.57. The molecule has 0 N–H and O–H groups in total. The normalized spacial score (nSPS) is 16.1. The topological polar surface area (TPSA) is 9.23 Å². The molecule has 1 atom stereocenters. The van der Waals surface area contributed by atoms with Gasteiger partial charge >= 0.3 is 0 Å². The predicted octanol–water partition coefficient (Wildman–Crippen LogP) is 3.53. The highest BCUT2D eigenvalue weighted by atomic mass is 16.5. The van der Waals surface area contributed by atoms with Crippen LogP contribution in [0, 0.1) is 0 Å². The third-order valence-corrected chi connectivity index (χ3v) is 3.03.